The Labute approximate surface area is 122 Å². The molecule has 0 N–H and O–H groups in total. The van der Waals surface area contributed by atoms with E-state index in [1.54, 1.807) is 25.1 Å². The molecule has 0 radical (unpaired) electrons. The van der Waals surface area contributed by atoms with Gasteiger partial charge in [0.2, 0.25) is 0 Å². The standard InChI is InChI=1S/C15H17NO5/c1-2-21-14(18)15(9-5-8-13(15)17)10-11-6-3-4-7-12(11)16(19)20/h3-4,6-7H,2,5,8-10H2,1H3/t15-/m0/s1. The number of ether oxygens (including phenoxy) is 1. The highest BCUT2D eigenvalue weighted by Gasteiger charge is 2.50. The van der Waals surface area contributed by atoms with Crippen LogP contribution in [0.15, 0.2) is 24.3 Å². The van der Waals surface area contributed by atoms with Crippen LogP contribution in [0.3, 0.4) is 0 Å². The summed E-state index contributed by atoms with van der Waals surface area (Å²) in [5.74, 6) is -0.746. The Morgan fingerprint density at radius 3 is 2.71 bits per heavy atom. The first-order chi connectivity index (χ1) is 10.0. The van der Waals surface area contributed by atoms with Crippen LogP contribution in [0.4, 0.5) is 5.69 Å². The van der Waals surface area contributed by atoms with Gasteiger partial charge in [-0.15, -0.1) is 0 Å². The van der Waals surface area contributed by atoms with Crippen LogP contribution < -0.4 is 0 Å². The van der Waals surface area contributed by atoms with E-state index in [4.69, 9.17) is 4.74 Å². The van der Waals surface area contributed by atoms with Crippen LogP contribution >= 0.6 is 0 Å². The van der Waals surface area contributed by atoms with Crippen molar-refractivity contribution in [1.82, 2.24) is 0 Å². The SMILES string of the molecule is CCOC(=O)[C@]1(Cc2ccccc2[N+](=O)[O-])CCCC1=O. The van der Waals surface area contributed by atoms with Crippen LogP contribution in [0.1, 0.15) is 31.7 Å². The fraction of sp³-hybridized carbons (Fsp3) is 0.467. The molecule has 1 atom stereocenters. The van der Waals surface area contributed by atoms with E-state index >= 15 is 0 Å². The van der Waals surface area contributed by atoms with E-state index in [2.05, 4.69) is 0 Å². The lowest BCUT2D eigenvalue weighted by atomic mass is 9.79. The van der Waals surface area contributed by atoms with Crippen molar-refractivity contribution in [1.29, 1.82) is 0 Å². The number of nitro benzene ring substituents is 1. The maximum absolute atomic E-state index is 12.3. The molecule has 1 aromatic rings. The van der Waals surface area contributed by atoms with E-state index in [0.717, 1.165) is 0 Å². The van der Waals surface area contributed by atoms with Gasteiger partial charge in [-0.3, -0.25) is 19.7 Å². The van der Waals surface area contributed by atoms with E-state index in [0.29, 0.717) is 24.8 Å². The minimum atomic E-state index is -1.26. The highest BCUT2D eigenvalue weighted by molar-refractivity contribution is 6.05. The Morgan fingerprint density at radius 2 is 2.14 bits per heavy atom. The van der Waals surface area contributed by atoms with Crippen LogP contribution in [0.5, 0.6) is 0 Å². The van der Waals surface area contributed by atoms with E-state index in [9.17, 15) is 19.7 Å². The van der Waals surface area contributed by atoms with Gasteiger partial charge in [-0.1, -0.05) is 18.2 Å². The van der Waals surface area contributed by atoms with Crippen molar-refractivity contribution in [2.45, 2.75) is 32.6 Å². The summed E-state index contributed by atoms with van der Waals surface area (Å²) < 4.78 is 5.04. The van der Waals surface area contributed by atoms with Crippen molar-refractivity contribution in [2.24, 2.45) is 5.41 Å². The first kappa shape index (κ1) is 15.2. The zero-order valence-electron chi connectivity index (χ0n) is 11.8. The third kappa shape index (κ3) is 2.79. The molecule has 112 valence electrons. The fourth-order valence-corrected chi connectivity index (χ4v) is 2.84. The number of rotatable bonds is 5. The molecule has 1 aliphatic carbocycles. The van der Waals surface area contributed by atoms with E-state index in [-0.39, 0.29) is 24.5 Å². The molecule has 0 heterocycles. The molecule has 0 saturated heterocycles. The second-order valence-electron chi connectivity index (χ2n) is 5.14. The Kier molecular flexibility index (Phi) is 4.35. The summed E-state index contributed by atoms with van der Waals surface area (Å²) in [6.45, 7) is 1.86. The van der Waals surface area contributed by atoms with Crippen molar-refractivity contribution >= 4 is 17.4 Å². The molecule has 0 unspecified atom stereocenters. The van der Waals surface area contributed by atoms with Gasteiger partial charge in [0.1, 0.15) is 5.41 Å². The number of carbonyl (C=O) groups excluding carboxylic acids is 2. The minimum Gasteiger partial charge on any atom is -0.465 e. The molecule has 0 bridgehead atoms. The van der Waals surface area contributed by atoms with Gasteiger partial charge < -0.3 is 4.74 Å². The lowest BCUT2D eigenvalue weighted by Crippen LogP contribution is -2.39. The zero-order valence-corrected chi connectivity index (χ0v) is 11.8. The smallest absolute Gasteiger partial charge is 0.319 e. The number of esters is 1. The van der Waals surface area contributed by atoms with Crippen LogP contribution in [-0.2, 0) is 20.7 Å². The van der Waals surface area contributed by atoms with Crippen LogP contribution in [0.2, 0.25) is 0 Å². The van der Waals surface area contributed by atoms with Crippen molar-refractivity contribution in [2.75, 3.05) is 6.61 Å². The summed E-state index contributed by atoms with van der Waals surface area (Å²) >= 11 is 0. The molecule has 1 fully saturated rings. The summed E-state index contributed by atoms with van der Waals surface area (Å²) in [5, 5.41) is 11.1. The molecular formula is C15H17NO5. The first-order valence-electron chi connectivity index (χ1n) is 6.94. The predicted molar refractivity (Wildman–Crippen MR) is 74.7 cm³/mol. The highest BCUT2D eigenvalue weighted by Crippen LogP contribution is 2.40. The van der Waals surface area contributed by atoms with Gasteiger partial charge in [0.25, 0.3) is 5.69 Å². The van der Waals surface area contributed by atoms with E-state index in [1.165, 1.54) is 6.07 Å². The number of ketones is 1. The Bertz CT molecular complexity index is 583. The fourth-order valence-electron chi connectivity index (χ4n) is 2.84. The van der Waals surface area contributed by atoms with E-state index in [1.807, 2.05) is 0 Å². The molecule has 0 aliphatic heterocycles. The Balaban J connectivity index is 2.39. The number of Topliss-reactive ketones (excluding diaryl/α,β-unsaturated/α-hetero) is 1. The molecular weight excluding hydrogens is 274 g/mol. The number of nitro groups is 1. The van der Waals surface area contributed by atoms with Crippen molar-refractivity contribution < 1.29 is 19.2 Å². The number of benzene rings is 1. The molecule has 6 heteroatoms. The molecule has 6 nitrogen and oxygen atoms in total. The summed E-state index contributed by atoms with van der Waals surface area (Å²) in [5.41, 5.74) is -0.936. The molecule has 1 saturated carbocycles. The highest BCUT2D eigenvalue weighted by atomic mass is 16.6. The monoisotopic (exact) mass is 291 g/mol. The topological polar surface area (TPSA) is 86.5 Å². The predicted octanol–water partition coefficient (Wildman–Crippen LogP) is 2.44. The van der Waals surface area contributed by atoms with Gasteiger partial charge in [-0.25, -0.2) is 0 Å². The number of hydrogen-bond acceptors (Lipinski definition) is 5. The second-order valence-corrected chi connectivity index (χ2v) is 5.14. The maximum Gasteiger partial charge on any atom is 0.319 e. The zero-order chi connectivity index (χ0) is 15.5. The van der Waals surface area contributed by atoms with Gasteiger partial charge in [-0.05, 0) is 19.8 Å². The normalized spacial score (nSPS) is 21.3. The van der Waals surface area contributed by atoms with Gasteiger partial charge in [-0.2, -0.15) is 0 Å². The minimum absolute atomic E-state index is 0.0296. The summed E-state index contributed by atoms with van der Waals surface area (Å²) in [4.78, 5) is 35.1. The van der Waals surface area contributed by atoms with Gasteiger partial charge in [0, 0.05) is 24.5 Å². The van der Waals surface area contributed by atoms with Crippen molar-refractivity contribution in [3.8, 4) is 0 Å². The van der Waals surface area contributed by atoms with Gasteiger partial charge >= 0.3 is 5.97 Å². The average Bonchev–Trinajstić information content (AvgIpc) is 2.82. The molecule has 0 aromatic heterocycles. The average molecular weight is 291 g/mol. The van der Waals surface area contributed by atoms with Crippen LogP contribution in [0.25, 0.3) is 0 Å². The number of hydrogen-bond donors (Lipinski definition) is 0. The van der Waals surface area contributed by atoms with Crippen LogP contribution in [-0.4, -0.2) is 23.3 Å². The largest absolute Gasteiger partial charge is 0.465 e. The van der Waals surface area contributed by atoms with Crippen LogP contribution in [0, 0.1) is 15.5 Å². The number of carbonyl (C=O) groups is 2. The molecule has 0 spiro atoms. The van der Waals surface area contributed by atoms with Crippen molar-refractivity contribution in [3.05, 3.63) is 39.9 Å². The van der Waals surface area contributed by atoms with Gasteiger partial charge in [0.05, 0.1) is 11.5 Å². The molecule has 1 aromatic carbocycles. The summed E-state index contributed by atoms with van der Waals surface area (Å²) in [7, 11) is 0. The summed E-state index contributed by atoms with van der Waals surface area (Å²) in [6.07, 6.45) is 1.34. The summed E-state index contributed by atoms with van der Waals surface area (Å²) in [6, 6.07) is 6.20. The van der Waals surface area contributed by atoms with Gasteiger partial charge in [0.15, 0.2) is 5.78 Å². The lowest BCUT2D eigenvalue weighted by Gasteiger charge is -2.24. The lowest BCUT2D eigenvalue weighted by molar-refractivity contribution is -0.385. The second kappa shape index (κ2) is 6.03. The molecule has 21 heavy (non-hydrogen) atoms. The van der Waals surface area contributed by atoms with E-state index < -0.39 is 16.3 Å². The molecule has 2 rings (SSSR count). The third-order valence-electron chi connectivity index (χ3n) is 3.89. The molecule has 1 aliphatic rings. The number of nitrogens with zero attached hydrogens (tertiary/aromatic N) is 1. The molecule has 0 amide bonds. The quantitative estimate of drug-likeness (QED) is 0.360. The van der Waals surface area contributed by atoms with Crippen molar-refractivity contribution in [3.63, 3.8) is 0 Å². The Morgan fingerprint density at radius 1 is 1.43 bits per heavy atom. The maximum atomic E-state index is 12.3. The number of para-hydroxylation sites is 1. The Hall–Kier alpha value is -2.24. The first-order valence-corrected chi connectivity index (χ1v) is 6.94. The third-order valence-corrected chi connectivity index (χ3v) is 3.89.